The number of sulfonamides is 1. The summed E-state index contributed by atoms with van der Waals surface area (Å²) in [5, 5.41) is 8.96. The van der Waals surface area contributed by atoms with E-state index in [0.717, 1.165) is 25.0 Å². The number of nitrogens with one attached hydrogen (secondary N) is 1. The van der Waals surface area contributed by atoms with Gasteiger partial charge in [-0.15, -0.1) is 0 Å². The summed E-state index contributed by atoms with van der Waals surface area (Å²) in [6, 6.07) is 3.42. The number of thioether (sulfide) groups is 1. The first-order valence-electron chi connectivity index (χ1n) is 5.86. The SMILES string of the molecule is CSC1(CNS(=O)(=O)c2ccc(F)c(CO)c2)CC1. The summed E-state index contributed by atoms with van der Waals surface area (Å²) in [4.78, 5) is -0.0187. The molecule has 19 heavy (non-hydrogen) atoms. The van der Waals surface area contributed by atoms with Crippen LogP contribution in [0.2, 0.25) is 0 Å². The smallest absolute Gasteiger partial charge is 0.240 e. The average molecular weight is 305 g/mol. The molecule has 1 aromatic carbocycles. The molecule has 1 fully saturated rings. The third-order valence-electron chi connectivity index (χ3n) is 3.32. The molecule has 0 atom stereocenters. The van der Waals surface area contributed by atoms with Crippen molar-refractivity contribution in [1.82, 2.24) is 4.72 Å². The molecule has 0 spiro atoms. The van der Waals surface area contributed by atoms with Crippen molar-refractivity contribution < 1.29 is 17.9 Å². The van der Waals surface area contributed by atoms with E-state index in [0.29, 0.717) is 6.54 Å². The number of aliphatic hydroxyl groups is 1. The highest BCUT2D eigenvalue weighted by atomic mass is 32.2. The molecule has 4 nitrogen and oxygen atoms in total. The number of halogens is 1. The van der Waals surface area contributed by atoms with Gasteiger partial charge in [-0.2, -0.15) is 11.8 Å². The molecule has 0 bridgehead atoms. The third-order valence-corrected chi connectivity index (χ3v) is 6.14. The second-order valence-corrected chi connectivity index (χ2v) is 7.66. The van der Waals surface area contributed by atoms with Gasteiger partial charge in [-0.05, 0) is 37.3 Å². The third kappa shape index (κ3) is 3.28. The van der Waals surface area contributed by atoms with Crippen LogP contribution in [-0.4, -0.2) is 31.1 Å². The Morgan fingerprint density at radius 3 is 2.68 bits per heavy atom. The minimum atomic E-state index is -3.65. The topological polar surface area (TPSA) is 66.4 Å². The van der Waals surface area contributed by atoms with Crippen LogP contribution in [0.4, 0.5) is 4.39 Å². The number of benzene rings is 1. The predicted molar refractivity (Wildman–Crippen MR) is 73.0 cm³/mol. The maximum Gasteiger partial charge on any atom is 0.240 e. The second kappa shape index (κ2) is 5.40. The average Bonchev–Trinajstić information content (AvgIpc) is 3.17. The van der Waals surface area contributed by atoms with E-state index in [9.17, 15) is 12.8 Å². The Morgan fingerprint density at radius 1 is 1.47 bits per heavy atom. The first kappa shape index (κ1) is 14.8. The van der Waals surface area contributed by atoms with Crippen molar-refractivity contribution in [2.24, 2.45) is 0 Å². The highest BCUT2D eigenvalue weighted by molar-refractivity contribution is 8.00. The summed E-state index contributed by atoms with van der Waals surface area (Å²) in [5.74, 6) is -0.607. The van der Waals surface area contributed by atoms with Gasteiger partial charge in [-0.1, -0.05) is 0 Å². The molecule has 0 saturated heterocycles. The molecule has 1 aromatic rings. The van der Waals surface area contributed by atoms with Crippen LogP contribution in [-0.2, 0) is 16.6 Å². The predicted octanol–water partition coefficient (Wildman–Crippen LogP) is 1.49. The van der Waals surface area contributed by atoms with Crippen molar-refractivity contribution in [1.29, 1.82) is 0 Å². The Labute approximate surface area is 116 Å². The summed E-state index contributed by atoms with van der Waals surface area (Å²) >= 11 is 1.66. The molecule has 0 amide bonds. The lowest BCUT2D eigenvalue weighted by molar-refractivity contribution is 0.275. The summed E-state index contributed by atoms with van der Waals surface area (Å²) in [6.45, 7) is -0.147. The molecule has 1 saturated carbocycles. The molecule has 1 aliphatic carbocycles. The van der Waals surface area contributed by atoms with Gasteiger partial charge < -0.3 is 5.11 Å². The maximum atomic E-state index is 13.2. The number of aliphatic hydroxyl groups excluding tert-OH is 1. The molecule has 0 unspecified atom stereocenters. The molecule has 0 aromatic heterocycles. The van der Waals surface area contributed by atoms with Gasteiger partial charge in [0.05, 0.1) is 11.5 Å². The van der Waals surface area contributed by atoms with Crippen molar-refractivity contribution in [2.75, 3.05) is 12.8 Å². The fourth-order valence-electron chi connectivity index (χ4n) is 1.74. The normalized spacial score (nSPS) is 17.4. The molecule has 0 aliphatic heterocycles. The maximum absolute atomic E-state index is 13.2. The zero-order valence-corrected chi connectivity index (χ0v) is 12.2. The number of hydrogen-bond acceptors (Lipinski definition) is 4. The van der Waals surface area contributed by atoms with Crippen LogP contribution in [0.25, 0.3) is 0 Å². The fraction of sp³-hybridized carbons (Fsp3) is 0.500. The summed E-state index contributed by atoms with van der Waals surface area (Å²) in [5.41, 5.74) is -0.0196. The van der Waals surface area contributed by atoms with Gasteiger partial charge in [0.1, 0.15) is 5.82 Å². The van der Waals surface area contributed by atoms with E-state index in [1.54, 1.807) is 11.8 Å². The lowest BCUT2D eigenvalue weighted by Crippen LogP contribution is -2.31. The van der Waals surface area contributed by atoms with Crippen LogP contribution in [0.3, 0.4) is 0 Å². The Balaban J connectivity index is 2.15. The van der Waals surface area contributed by atoms with Crippen molar-refractivity contribution in [2.45, 2.75) is 29.1 Å². The molecule has 106 valence electrons. The van der Waals surface area contributed by atoms with Crippen molar-refractivity contribution in [3.8, 4) is 0 Å². The standard InChI is InChI=1S/C12H16FNO3S2/c1-18-12(4-5-12)8-14-19(16,17)10-2-3-11(13)9(6-10)7-15/h2-3,6,14-15H,4-5,7-8H2,1H3. The van der Waals surface area contributed by atoms with Crippen LogP contribution < -0.4 is 4.72 Å². The number of rotatable bonds is 6. The Bertz CT molecular complexity index is 570. The fourth-order valence-corrected chi connectivity index (χ4v) is 3.74. The van der Waals surface area contributed by atoms with Gasteiger partial charge >= 0.3 is 0 Å². The minimum absolute atomic E-state index is 0.0187. The van der Waals surface area contributed by atoms with Crippen LogP contribution in [0, 0.1) is 5.82 Å². The van der Waals surface area contributed by atoms with E-state index in [2.05, 4.69) is 4.72 Å². The highest BCUT2D eigenvalue weighted by Crippen LogP contribution is 2.46. The first-order valence-corrected chi connectivity index (χ1v) is 8.57. The van der Waals surface area contributed by atoms with Crippen molar-refractivity contribution in [3.05, 3.63) is 29.6 Å². The number of hydrogen-bond donors (Lipinski definition) is 2. The Kier molecular flexibility index (Phi) is 4.20. The minimum Gasteiger partial charge on any atom is -0.392 e. The van der Waals surface area contributed by atoms with Crippen LogP contribution >= 0.6 is 11.8 Å². The molecule has 2 N–H and O–H groups in total. The lowest BCUT2D eigenvalue weighted by atomic mass is 10.2. The molecule has 7 heteroatoms. The second-order valence-electron chi connectivity index (χ2n) is 4.62. The van der Waals surface area contributed by atoms with E-state index in [1.165, 1.54) is 6.07 Å². The summed E-state index contributed by atoms with van der Waals surface area (Å²) < 4.78 is 39.9. The van der Waals surface area contributed by atoms with Gasteiger partial charge in [-0.3, -0.25) is 0 Å². The molecule has 0 radical (unpaired) electrons. The van der Waals surface area contributed by atoms with Gasteiger partial charge in [-0.25, -0.2) is 17.5 Å². The van der Waals surface area contributed by atoms with Gasteiger partial charge in [0.25, 0.3) is 0 Å². The van der Waals surface area contributed by atoms with Crippen LogP contribution in [0.1, 0.15) is 18.4 Å². The van der Waals surface area contributed by atoms with Crippen molar-refractivity contribution in [3.63, 3.8) is 0 Å². The molecule has 0 heterocycles. The molecular weight excluding hydrogens is 289 g/mol. The van der Waals surface area contributed by atoms with E-state index < -0.39 is 22.4 Å². The quantitative estimate of drug-likeness (QED) is 0.836. The molecular formula is C12H16FNO3S2. The zero-order chi connectivity index (χ0) is 14.1. The van der Waals surface area contributed by atoms with Gasteiger partial charge in [0, 0.05) is 16.9 Å². The molecule has 1 aliphatic rings. The molecule has 2 rings (SSSR count). The van der Waals surface area contributed by atoms with E-state index >= 15 is 0 Å². The van der Waals surface area contributed by atoms with Gasteiger partial charge in [0.15, 0.2) is 0 Å². The summed E-state index contributed by atoms with van der Waals surface area (Å²) in [7, 11) is -3.65. The monoisotopic (exact) mass is 305 g/mol. The van der Waals surface area contributed by atoms with E-state index in [4.69, 9.17) is 5.11 Å². The largest absolute Gasteiger partial charge is 0.392 e. The van der Waals surface area contributed by atoms with Gasteiger partial charge in [0.2, 0.25) is 10.0 Å². The highest BCUT2D eigenvalue weighted by Gasteiger charge is 2.42. The Hall–Kier alpha value is -0.630. The van der Waals surface area contributed by atoms with E-state index in [-0.39, 0.29) is 15.2 Å². The Morgan fingerprint density at radius 2 is 2.16 bits per heavy atom. The van der Waals surface area contributed by atoms with Crippen LogP contribution in [0.5, 0.6) is 0 Å². The first-order chi connectivity index (χ1) is 8.92. The van der Waals surface area contributed by atoms with Crippen molar-refractivity contribution >= 4 is 21.8 Å². The van der Waals surface area contributed by atoms with Crippen LogP contribution in [0.15, 0.2) is 23.1 Å². The van der Waals surface area contributed by atoms with E-state index in [1.807, 2.05) is 6.26 Å². The summed E-state index contributed by atoms with van der Waals surface area (Å²) in [6.07, 6.45) is 3.97. The zero-order valence-electron chi connectivity index (χ0n) is 10.5. The lowest BCUT2D eigenvalue weighted by Gasteiger charge is -2.14.